The second-order valence-electron chi connectivity index (χ2n) is 7.96. The monoisotopic (exact) mass is 497 g/mol. The number of benzene rings is 2. The lowest BCUT2D eigenvalue weighted by Gasteiger charge is -2.26. The molecule has 2 heterocycles. The van der Waals surface area contributed by atoms with E-state index in [0.717, 1.165) is 19.6 Å². The molecule has 176 valence electrons. The molecule has 3 aromatic rings. The van der Waals surface area contributed by atoms with Crippen LogP contribution < -0.4 is 10.2 Å². The zero-order chi connectivity index (χ0) is 24.5. The van der Waals surface area contributed by atoms with E-state index >= 15 is 0 Å². The molecule has 1 aliphatic rings. The normalized spacial score (nSPS) is 16.3. The summed E-state index contributed by atoms with van der Waals surface area (Å²) in [6.45, 7) is 3.21. The summed E-state index contributed by atoms with van der Waals surface area (Å²) in [6.07, 6.45) is -0.249. The molecule has 3 amide bonds. The van der Waals surface area contributed by atoms with Crippen molar-refractivity contribution in [3.05, 3.63) is 76.5 Å². The van der Waals surface area contributed by atoms with Crippen LogP contribution in [0.2, 0.25) is 0 Å². The molecule has 0 saturated carbocycles. The van der Waals surface area contributed by atoms with Gasteiger partial charge in [-0.1, -0.05) is 23.8 Å². The van der Waals surface area contributed by atoms with Crippen molar-refractivity contribution in [3.8, 4) is 0 Å². The average molecular weight is 498 g/mol. The fourth-order valence-corrected chi connectivity index (χ4v) is 6.12. The lowest BCUT2D eigenvalue weighted by molar-refractivity contribution is -0.122. The average Bonchev–Trinajstić information content (AvgIpc) is 3.40. The summed E-state index contributed by atoms with van der Waals surface area (Å²) in [5.41, 5.74) is 1.84. The van der Waals surface area contributed by atoms with Crippen LogP contribution in [0.25, 0.3) is 0 Å². The lowest BCUT2D eigenvalue weighted by Crippen LogP contribution is -2.44. The largest absolute Gasteiger partial charge is 0.326 e. The number of carbonyl (C=O) groups is 3. The standard InChI is InChI=1S/C24H23N3O5S2/c1-16-5-9-19(10-6-16)27-23(29)14-22(24(27)30)26(15-20-4-3-13-33-20)34(31,32)21-11-7-18(8-12-21)25-17(2)28/h3-13,22H,14-15H2,1-2H3,(H,25,28). The van der Waals surface area contributed by atoms with E-state index in [1.807, 2.05) is 12.3 Å². The highest BCUT2D eigenvalue weighted by atomic mass is 32.2. The number of amides is 3. The SMILES string of the molecule is CC(=O)Nc1ccc(S(=O)(=O)N(Cc2cccs2)C2CC(=O)N(c3ccc(C)cc3)C2=O)cc1. The number of hydrogen-bond acceptors (Lipinski definition) is 6. The maximum absolute atomic E-state index is 13.7. The molecule has 0 radical (unpaired) electrons. The molecule has 1 saturated heterocycles. The number of hydrogen-bond donors (Lipinski definition) is 1. The molecule has 0 bridgehead atoms. The second-order valence-corrected chi connectivity index (χ2v) is 10.9. The Hall–Kier alpha value is -3.34. The molecule has 1 aliphatic heterocycles. The van der Waals surface area contributed by atoms with Gasteiger partial charge in [0.2, 0.25) is 21.8 Å². The fourth-order valence-electron chi connectivity index (χ4n) is 3.77. The zero-order valence-electron chi connectivity index (χ0n) is 18.6. The number of carbonyl (C=O) groups excluding carboxylic acids is 3. The van der Waals surface area contributed by atoms with Gasteiger partial charge >= 0.3 is 0 Å². The van der Waals surface area contributed by atoms with E-state index in [0.29, 0.717) is 11.4 Å². The topological polar surface area (TPSA) is 104 Å². The molecule has 8 nitrogen and oxygen atoms in total. The summed E-state index contributed by atoms with van der Waals surface area (Å²) >= 11 is 1.37. The predicted molar refractivity (Wildman–Crippen MR) is 130 cm³/mol. The summed E-state index contributed by atoms with van der Waals surface area (Å²) in [7, 11) is -4.15. The highest BCUT2D eigenvalue weighted by Gasteiger charge is 2.47. The Morgan fingerprint density at radius 2 is 1.76 bits per heavy atom. The van der Waals surface area contributed by atoms with Crippen LogP contribution in [0.15, 0.2) is 70.9 Å². The molecule has 34 heavy (non-hydrogen) atoms. The number of nitrogens with zero attached hydrogens (tertiary/aromatic N) is 2. The van der Waals surface area contributed by atoms with Gasteiger partial charge in [-0.3, -0.25) is 14.4 Å². The van der Waals surface area contributed by atoms with Crippen molar-refractivity contribution in [1.82, 2.24) is 4.31 Å². The molecular weight excluding hydrogens is 474 g/mol. The maximum Gasteiger partial charge on any atom is 0.252 e. The first kappa shape index (κ1) is 23.8. The van der Waals surface area contributed by atoms with Crippen molar-refractivity contribution in [2.45, 2.75) is 37.8 Å². The van der Waals surface area contributed by atoms with E-state index in [9.17, 15) is 22.8 Å². The van der Waals surface area contributed by atoms with Gasteiger partial charge in [-0.05, 0) is 54.8 Å². The summed E-state index contributed by atoms with van der Waals surface area (Å²) in [4.78, 5) is 39.3. The smallest absolute Gasteiger partial charge is 0.252 e. The highest BCUT2D eigenvalue weighted by Crippen LogP contribution is 2.31. The van der Waals surface area contributed by atoms with E-state index in [1.165, 1.54) is 42.5 Å². The Bertz CT molecular complexity index is 1320. The third-order valence-electron chi connectivity index (χ3n) is 5.44. The van der Waals surface area contributed by atoms with Crippen LogP contribution in [0.3, 0.4) is 0 Å². The van der Waals surface area contributed by atoms with E-state index in [2.05, 4.69) is 5.32 Å². The van der Waals surface area contributed by atoms with Crippen molar-refractivity contribution in [1.29, 1.82) is 0 Å². The van der Waals surface area contributed by atoms with Crippen LogP contribution in [-0.4, -0.2) is 36.5 Å². The molecule has 10 heteroatoms. The van der Waals surface area contributed by atoms with Gasteiger partial charge in [0.15, 0.2) is 0 Å². The van der Waals surface area contributed by atoms with Gasteiger partial charge in [0.05, 0.1) is 17.0 Å². The summed E-state index contributed by atoms with van der Waals surface area (Å²) < 4.78 is 28.5. The number of thiophene rings is 1. The summed E-state index contributed by atoms with van der Waals surface area (Å²) in [6, 6.07) is 15.1. The zero-order valence-corrected chi connectivity index (χ0v) is 20.2. The lowest BCUT2D eigenvalue weighted by atomic mass is 10.2. The van der Waals surface area contributed by atoms with Crippen LogP contribution in [0, 0.1) is 6.92 Å². The van der Waals surface area contributed by atoms with E-state index < -0.39 is 27.9 Å². The molecule has 1 fully saturated rings. The number of rotatable bonds is 7. The van der Waals surface area contributed by atoms with Crippen LogP contribution in [0.5, 0.6) is 0 Å². The van der Waals surface area contributed by atoms with Crippen molar-refractivity contribution in [2.75, 3.05) is 10.2 Å². The molecule has 0 aliphatic carbocycles. The molecule has 1 aromatic heterocycles. The van der Waals surface area contributed by atoms with Crippen LogP contribution in [0.4, 0.5) is 11.4 Å². The van der Waals surface area contributed by atoms with Crippen molar-refractivity contribution in [2.24, 2.45) is 0 Å². The summed E-state index contributed by atoms with van der Waals surface area (Å²) in [5, 5.41) is 4.42. The van der Waals surface area contributed by atoms with Crippen LogP contribution >= 0.6 is 11.3 Å². The first-order valence-electron chi connectivity index (χ1n) is 10.5. The maximum atomic E-state index is 13.7. The number of sulfonamides is 1. The van der Waals surface area contributed by atoms with Crippen LogP contribution in [0.1, 0.15) is 23.8 Å². The Morgan fingerprint density at radius 1 is 1.09 bits per heavy atom. The van der Waals surface area contributed by atoms with Gasteiger partial charge in [-0.2, -0.15) is 4.31 Å². The second kappa shape index (κ2) is 9.49. The molecular formula is C24H23N3O5S2. The van der Waals surface area contributed by atoms with Gasteiger partial charge in [0.1, 0.15) is 6.04 Å². The number of aryl methyl sites for hydroxylation is 1. The minimum absolute atomic E-state index is 0.0350. The number of anilines is 2. The van der Waals surface area contributed by atoms with Gasteiger partial charge in [-0.25, -0.2) is 13.3 Å². The van der Waals surface area contributed by atoms with Gasteiger partial charge in [0.25, 0.3) is 5.91 Å². The van der Waals surface area contributed by atoms with Gasteiger partial charge in [-0.15, -0.1) is 11.3 Å². The van der Waals surface area contributed by atoms with E-state index in [4.69, 9.17) is 0 Å². The molecule has 2 aromatic carbocycles. The molecule has 1 atom stereocenters. The Balaban J connectivity index is 1.70. The minimum Gasteiger partial charge on any atom is -0.326 e. The van der Waals surface area contributed by atoms with E-state index in [1.54, 1.807) is 36.4 Å². The molecule has 1 N–H and O–H groups in total. The molecule has 4 rings (SSSR count). The van der Waals surface area contributed by atoms with E-state index in [-0.39, 0.29) is 23.8 Å². The van der Waals surface area contributed by atoms with Crippen LogP contribution in [-0.2, 0) is 31.0 Å². The quantitative estimate of drug-likeness (QED) is 0.503. The molecule has 0 spiro atoms. The fraction of sp³-hybridized carbons (Fsp3) is 0.208. The highest BCUT2D eigenvalue weighted by molar-refractivity contribution is 7.89. The predicted octanol–water partition coefficient (Wildman–Crippen LogP) is 3.54. The number of imide groups is 1. The summed E-state index contributed by atoms with van der Waals surface area (Å²) in [5.74, 6) is -1.31. The number of nitrogens with one attached hydrogen (secondary N) is 1. The Kier molecular flexibility index (Phi) is 6.65. The Labute approximate surface area is 201 Å². The first-order valence-corrected chi connectivity index (χ1v) is 12.8. The molecule has 1 unspecified atom stereocenters. The third kappa shape index (κ3) is 4.79. The van der Waals surface area contributed by atoms with Gasteiger partial charge < -0.3 is 5.32 Å². The third-order valence-corrected chi connectivity index (χ3v) is 8.17. The van der Waals surface area contributed by atoms with Gasteiger partial charge in [0, 0.05) is 24.0 Å². The van der Waals surface area contributed by atoms with Crippen molar-refractivity contribution >= 4 is 50.5 Å². The van der Waals surface area contributed by atoms with Crippen molar-refractivity contribution in [3.63, 3.8) is 0 Å². The Morgan fingerprint density at radius 3 is 2.35 bits per heavy atom. The van der Waals surface area contributed by atoms with Crippen molar-refractivity contribution < 1.29 is 22.8 Å². The first-order chi connectivity index (χ1) is 16.2. The minimum atomic E-state index is -4.15.